The van der Waals surface area contributed by atoms with Crippen LogP contribution in [0.5, 0.6) is 5.75 Å². The monoisotopic (exact) mass is 364 g/mol. The molecule has 6 nitrogen and oxygen atoms in total. The molecule has 0 radical (unpaired) electrons. The number of nitrogens with one attached hydrogen (secondary N) is 1. The maximum atomic E-state index is 12.0. The molecule has 1 aromatic heterocycles. The SMILES string of the molecule is COc1cccc(-c2nc(CC(=O)N[C@H]3C=CS(=O)(=O)C3)cs2)c1. The van der Waals surface area contributed by atoms with Crippen molar-refractivity contribution in [1.82, 2.24) is 10.3 Å². The smallest absolute Gasteiger partial charge is 0.226 e. The van der Waals surface area contributed by atoms with Crippen LogP contribution in [0.25, 0.3) is 10.6 Å². The van der Waals surface area contributed by atoms with E-state index in [4.69, 9.17) is 4.74 Å². The lowest BCUT2D eigenvalue weighted by Crippen LogP contribution is -2.36. The predicted octanol–water partition coefficient (Wildman–Crippen LogP) is 1.79. The fourth-order valence-electron chi connectivity index (χ4n) is 2.36. The molecule has 0 saturated carbocycles. The van der Waals surface area contributed by atoms with Gasteiger partial charge in [0.1, 0.15) is 10.8 Å². The second kappa shape index (κ2) is 6.74. The highest BCUT2D eigenvalue weighted by Crippen LogP contribution is 2.27. The van der Waals surface area contributed by atoms with Gasteiger partial charge in [0.25, 0.3) is 0 Å². The van der Waals surface area contributed by atoms with E-state index < -0.39 is 15.9 Å². The number of benzene rings is 1. The summed E-state index contributed by atoms with van der Waals surface area (Å²) in [6.07, 6.45) is 1.61. The van der Waals surface area contributed by atoms with Gasteiger partial charge in [0, 0.05) is 16.4 Å². The van der Waals surface area contributed by atoms with Crippen molar-refractivity contribution in [3.63, 3.8) is 0 Å². The van der Waals surface area contributed by atoms with Crippen molar-refractivity contribution in [2.45, 2.75) is 12.5 Å². The van der Waals surface area contributed by atoms with Crippen molar-refractivity contribution in [2.75, 3.05) is 12.9 Å². The van der Waals surface area contributed by atoms with E-state index in [-0.39, 0.29) is 18.1 Å². The molecule has 3 rings (SSSR count). The topological polar surface area (TPSA) is 85.4 Å². The van der Waals surface area contributed by atoms with Crippen LogP contribution in [-0.2, 0) is 21.1 Å². The van der Waals surface area contributed by atoms with Crippen molar-refractivity contribution in [2.24, 2.45) is 0 Å². The molecular weight excluding hydrogens is 348 g/mol. The Morgan fingerprint density at radius 1 is 1.46 bits per heavy atom. The molecule has 2 aromatic rings. The van der Waals surface area contributed by atoms with E-state index >= 15 is 0 Å². The molecule has 1 aliphatic heterocycles. The third kappa shape index (κ3) is 4.01. The molecule has 0 unspecified atom stereocenters. The van der Waals surface area contributed by atoms with Gasteiger partial charge in [-0.15, -0.1) is 11.3 Å². The number of ether oxygens (including phenoxy) is 1. The molecule has 1 N–H and O–H groups in total. The first-order chi connectivity index (χ1) is 11.4. The average Bonchev–Trinajstić information content (AvgIpc) is 3.13. The molecular formula is C16H16N2O4S2. The average molecular weight is 364 g/mol. The summed E-state index contributed by atoms with van der Waals surface area (Å²) >= 11 is 1.45. The van der Waals surface area contributed by atoms with Gasteiger partial charge in [-0.25, -0.2) is 13.4 Å². The lowest BCUT2D eigenvalue weighted by atomic mass is 10.2. The van der Waals surface area contributed by atoms with Crippen LogP contribution in [0.3, 0.4) is 0 Å². The number of carbonyl (C=O) groups excluding carboxylic acids is 1. The molecule has 1 aliphatic rings. The highest BCUT2D eigenvalue weighted by molar-refractivity contribution is 7.94. The second-order valence-corrected chi connectivity index (χ2v) is 8.17. The fraction of sp³-hybridized carbons (Fsp3) is 0.250. The zero-order valence-electron chi connectivity index (χ0n) is 12.9. The van der Waals surface area contributed by atoms with E-state index in [0.717, 1.165) is 21.7 Å². The fourth-order valence-corrected chi connectivity index (χ4v) is 4.42. The van der Waals surface area contributed by atoms with Crippen LogP contribution >= 0.6 is 11.3 Å². The number of hydrogen-bond acceptors (Lipinski definition) is 6. The number of aromatic nitrogens is 1. The zero-order valence-corrected chi connectivity index (χ0v) is 14.6. The van der Waals surface area contributed by atoms with Crippen molar-refractivity contribution in [1.29, 1.82) is 0 Å². The highest BCUT2D eigenvalue weighted by atomic mass is 32.2. The van der Waals surface area contributed by atoms with Gasteiger partial charge in [0.2, 0.25) is 5.91 Å². The summed E-state index contributed by atoms with van der Waals surface area (Å²) in [5, 5.41) is 6.47. The standard InChI is InChI=1S/C16H16N2O4S2/c1-22-14-4-2-3-11(7-14)16-18-13(9-23-16)8-15(19)17-12-5-6-24(20,21)10-12/h2-7,9,12H,8,10H2,1H3,(H,17,19)/t12-/m0/s1. The van der Waals surface area contributed by atoms with Crippen molar-refractivity contribution >= 4 is 27.1 Å². The van der Waals surface area contributed by atoms with Gasteiger partial charge in [0.05, 0.1) is 31.0 Å². The van der Waals surface area contributed by atoms with Gasteiger partial charge < -0.3 is 10.1 Å². The molecule has 24 heavy (non-hydrogen) atoms. The van der Waals surface area contributed by atoms with Gasteiger partial charge in [-0.2, -0.15) is 0 Å². The van der Waals surface area contributed by atoms with Gasteiger partial charge >= 0.3 is 0 Å². The number of sulfone groups is 1. The maximum Gasteiger partial charge on any atom is 0.226 e. The van der Waals surface area contributed by atoms with Gasteiger partial charge in [-0.1, -0.05) is 12.1 Å². The third-order valence-corrected chi connectivity index (χ3v) is 5.82. The van der Waals surface area contributed by atoms with Gasteiger partial charge in [0.15, 0.2) is 9.84 Å². The summed E-state index contributed by atoms with van der Waals surface area (Å²) in [7, 11) is -1.57. The summed E-state index contributed by atoms with van der Waals surface area (Å²) in [4.78, 5) is 16.5. The minimum absolute atomic E-state index is 0.0785. The molecule has 0 aliphatic carbocycles. The molecule has 1 aromatic carbocycles. The number of carbonyl (C=O) groups is 1. The first-order valence-corrected chi connectivity index (χ1v) is 9.84. The molecule has 8 heteroatoms. The Balaban J connectivity index is 1.63. The summed E-state index contributed by atoms with van der Waals surface area (Å²) in [6.45, 7) is 0. The van der Waals surface area contributed by atoms with Crippen molar-refractivity contribution in [3.8, 4) is 16.3 Å². The van der Waals surface area contributed by atoms with Crippen LogP contribution in [0.4, 0.5) is 0 Å². The van der Waals surface area contributed by atoms with E-state index in [2.05, 4.69) is 10.3 Å². The number of amides is 1. The number of rotatable bonds is 5. The Kier molecular flexibility index (Phi) is 4.68. The van der Waals surface area contributed by atoms with Gasteiger partial charge in [-0.05, 0) is 18.2 Å². The quantitative estimate of drug-likeness (QED) is 0.874. The van der Waals surface area contributed by atoms with E-state index in [9.17, 15) is 13.2 Å². The lowest BCUT2D eigenvalue weighted by molar-refractivity contribution is -0.120. The van der Waals surface area contributed by atoms with E-state index in [0.29, 0.717) is 5.69 Å². The van der Waals surface area contributed by atoms with Crippen LogP contribution in [0.2, 0.25) is 0 Å². The van der Waals surface area contributed by atoms with E-state index in [1.165, 1.54) is 17.4 Å². The zero-order chi connectivity index (χ0) is 17.2. The molecule has 126 valence electrons. The summed E-state index contributed by atoms with van der Waals surface area (Å²) in [5.74, 6) is 0.422. The Bertz CT molecular complexity index is 887. The minimum atomic E-state index is -3.17. The number of nitrogens with zero attached hydrogens (tertiary/aromatic N) is 1. The first-order valence-electron chi connectivity index (χ1n) is 7.24. The number of hydrogen-bond donors (Lipinski definition) is 1. The van der Waals surface area contributed by atoms with E-state index in [1.54, 1.807) is 7.11 Å². The predicted molar refractivity (Wildman–Crippen MR) is 92.7 cm³/mol. The van der Waals surface area contributed by atoms with Crippen LogP contribution in [0.15, 0.2) is 41.1 Å². The van der Waals surface area contributed by atoms with Crippen LogP contribution < -0.4 is 10.1 Å². The van der Waals surface area contributed by atoms with Crippen molar-refractivity contribution in [3.05, 3.63) is 46.8 Å². The van der Waals surface area contributed by atoms with Crippen LogP contribution in [0, 0.1) is 0 Å². The van der Waals surface area contributed by atoms with Gasteiger partial charge in [-0.3, -0.25) is 4.79 Å². The number of methoxy groups -OCH3 is 1. The number of thiazole rings is 1. The Hall–Kier alpha value is -2.19. The summed E-state index contributed by atoms with van der Waals surface area (Å²) in [5.41, 5.74) is 1.58. The molecule has 1 amide bonds. The Morgan fingerprint density at radius 3 is 3.00 bits per heavy atom. The molecule has 0 spiro atoms. The Morgan fingerprint density at radius 2 is 2.29 bits per heavy atom. The lowest BCUT2D eigenvalue weighted by Gasteiger charge is -2.08. The Labute approximate surface area is 144 Å². The molecule has 2 heterocycles. The summed E-state index contributed by atoms with van der Waals surface area (Å²) < 4.78 is 27.9. The van der Waals surface area contributed by atoms with Crippen molar-refractivity contribution < 1.29 is 17.9 Å². The minimum Gasteiger partial charge on any atom is -0.497 e. The summed E-state index contributed by atoms with van der Waals surface area (Å²) in [6, 6.07) is 7.10. The molecule has 0 bridgehead atoms. The first kappa shape index (κ1) is 16.7. The van der Waals surface area contributed by atoms with E-state index in [1.807, 2.05) is 29.6 Å². The van der Waals surface area contributed by atoms with Crippen LogP contribution in [-0.4, -0.2) is 38.2 Å². The van der Waals surface area contributed by atoms with Crippen LogP contribution in [0.1, 0.15) is 5.69 Å². The highest BCUT2D eigenvalue weighted by Gasteiger charge is 2.23. The normalized spacial score (nSPS) is 18.5. The molecule has 0 fully saturated rings. The second-order valence-electron chi connectivity index (χ2n) is 5.38. The third-order valence-electron chi connectivity index (χ3n) is 3.49. The maximum absolute atomic E-state index is 12.0. The molecule has 0 saturated heterocycles. The largest absolute Gasteiger partial charge is 0.497 e. The molecule has 1 atom stereocenters.